The van der Waals surface area contributed by atoms with Gasteiger partial charge in [-0.05, 0) is 25.1 Å². The molecule has 112 valence electrons. The Bertz CT molecular complexity index is 713. The maximum atomic E-state index is 12.8. The van der Waals surface area contributed by atoms with Crippen LogP contribution in [0.5, 0.6) is 0 Å². The first-order chi connectivity index (χ1) is 9.65. The molecule has 1 unspecified atom stereocenters. The van der Waals surface area contributed by atoms with Crippen molar-refractivity contribution in [2.45, 2.75) is 18.6 Å². The predicted octanol–water partition coefficient (Wildman–Crippen LogP) is 2.43. The molecule has 0 aliphatic carbocycles. The van der Waals surface area contributed by atoms with Crippen LogP contribution in [0.1, 0.15) is 17.3 Å². The molecule has 0 radical (unpaired) electrons. The Morgan fingerprint density at radius 2 is 2.00 bits per heavy atom. The van der Waals surface area contributed by atoms with Crippen molar-refractivity contribution in [2.24, 2.45) is 0 Å². The summed E-state index contributed by atoms with van der Waals surface area (Å²) in [6.07, 6.45) is -5.12. The van der Waals surface area contributed by atoms with Crippen LogP contribution in [0.25, 0.3) is 10.2 Å². The summed E-state index contributed by atoms with van der Waals surface area (Å²) < 4.78 is 39.1. The average Bonchev–Trinajstić information content (AvgIpc) is 2.83. The number of fused-ring (bicyclic) bond motifs is 1. The van der Waals surface area contributed by atoms with Crippen LogP contribution in [0, 0.1) is 0 Å². The summed E-state index contributed by atoms with van der Waals surface area (Å²) in [6.45, 7) is 0.401. The number of nitrogens with one attached hydrogen (secondary N) is 1. The number of carboxylic acid groups (broad SMARTS) is 1. The van der Waals surface area contributed by atoms with Crippen LogP contribution >= 0.6 is 11.3 Å². The van der Waals surface area contributed by atoms with Gasteiger partial charge in [0.25, 0.3) is 5.91 Å². The number of aliphatic carboxylic acids is 1. The van der Waals surface area contributed by atoms with E-state index in [4.69, 9.17) is 5.11 Å². The second kappa shape index (κ2) is 4.99. The zero-order valence-corrected chi connectivity index (χ0v) is 11.4. The lowest BCUT2D eigenvalue weighted by molar-refractivity contribution is -0.203. The van der Waals surface area contributed by atoms with Crippen LogP contribution in [0.2, 0.25) is 0 Å². The molecule has 0 bridgehead atoms. The number of hydrogen-bond donors (Lipinski definition) is 2. The van der Waals surface area contributed by atoms with Crippen LogP contribution in [0.4, 0.5) is 13.2 Å². The quantitative estimate of drug-likeness (QED) is 0.911. The van der Waals surface area contributed by atoms with Crippen molar-refractivity contribution in [3.05, 3.63) is 29.3 Å². The SMILES string of the molecule is CC(NC(=O)c1ccc2ncsc2c1)(C(=O)O)C(F)(F)F. The largest absolute Gasteiger partial charge is 0.479 e. The molecule has 1 heterocycles. The van der Waals surface area contributed by atoms with Gasteiger partial charge in [-0.15, -0.1) is 11.3 Å². The van der Waals surface area contributed by atoms with E-state index in [1.165, 1.54) is 40.4 Å². The number of amides is 1. The average molecular weight is 318 g/mol. The van der Waals surface area contributed by atoms with E-state index in [1.807, 2.05) is 0 Å². The Morgan fingerprint density at radius 1 is 1.33 bits per heavy atom. The van der Waals surface area contributed by atoms with Crippen molar-refractivity contribution in [1.82, 2.24) is 10.3 Å². The molecule has 0 aliphatic rings. The second-order valence-corrected chi connectivity index (χ2v) is 5.30. The Kier molecular flexibility index (Phi) is 3.62. The Morgan fingerprint density at radius 3 is 2.57 bits per heavy atom. The highest BCUT2D eigenvalue weighted by atomic mass is 32.1. The van der Waals surface area contributed by atoms with E-state index in [1.54, 1.807) is 0 Å². The van der Waals surface area contributed by atoms with E-state index < -0.39 is 23.6 Å². The maximum absolute atomic E-state index is 12.8. The Hall–Kier alpha value is -2.16. The standard InChI is InChI=1S/C12H9F3N2O3S/c1-11(10(19)20,12(13,14)15)17-9(18)6-2-3-7-8(4-6)21-5-16-7/h2-5H,1H3,(H,17,18)(H,19,20). The summed E-state index contributed by atoms with van der Waals surface area (Å²) >= 11 is 1.22. The number of carboxylic acids is 1. The molecule has 2 N–H and O–H groups in total. The molecule has 2 aromatic rings. The summed E-state index contributed by atoms with van der Waals surface area (Å²) in [5.74, 6) is -3.30. The van der Waals surface area contributed by atoms with Crippen LogP contribution in [-0.2, 0) is 4.79 Å². The molecule has 9 heteroatoms. The van der Waals surface area contributed by atoms with Crippen molar-refractivity contribution in [2.75, 3.05) is 0 Å². The number of nitrogens with zero attached hydrogens (tertiary/aromatic N) is 1. The summed E-state index contributed by atoms with van der Waals surface area (Å²) in [7, 11) is 0. The second-order valence-electron chi connectivity index (χ2n) is 4.42. The van der Waals surface area contributed by atoms with Crippen molar-refractivity contribution < 1.29 is 27.9 Å². The number of benzene rings is 1. The highest BCUT2D eigenvalue weighted by Crippen LogP contribution is 2.31. The molecule has 0 saturated heterocycles. The predicted molar refractivity (Wildman–Crippen MR) is 69.2 cm³/mol. The van der Waals surface area contributed by atoms with E-state index in [9.17, 15) is 22.8 Å². The van der Waals surface area contributed by atoms with Crippen LogP contribution in [0.15, 0.2) is 23.7 Å². The number of carbonyl (C=O) groups is 2. The van der Waals surface area contributed by atoms with Crippen molar-refractivity contribution in [1.29, 1.82) is 0 Å². The van der Waals surface area contributed by atoms with Gasteiger partial charge in [0.1, 0.15) is 0 Å². The molecular weight excluding hydrogens is 309 g/mol. The van der Waals surface area contributed by atoms with Crippen molar-refractivity contribution >= 4 is 33.4 Å². The number of halogens is 3. The zero-order chi connectivity index (χ0) is 15.8. The number of thiazole rings is 1. The van der Waals surface area contributed by atoms with E-state index in [0.717, 1.165) is 0 Å². The van der Waals surface area contributed by atoms with Gasteiger partial charge in [0, 0.05) is 5.56 Å². The van der Waals surface area contributed by atoms with Gasteiger partial charge in [-0.2, -0.15) is 13.2 Å². The van der Waals surface area contributed by atoms with E-state index in [2.05, 4.69) is 4.98 Å². The fourth-order valence-corrected chi connectivity index (χ4v) is 2.26. The summed E-state index contributed by atoms with van der Waals surface area (Å²) in [5, 5.41) is 10.3. The number of aromatic nitrogens is 1. The molecule has 2 rings (SSSR count). The Balaban J connectivity index is 2.33. The summed E-state index contributed by atoms with van der Waals surface area (Å²) in [5.41, 5.74) is -1.28. The van der Waals surface area contributed by atoms with Gasteiger partial charge >= 0.3 is 12.1 Å². The van der Waals surface area contributed by atoms with E-state index in [-0.39, 0.29) is 5.56 Å². The molecule has 0 aliphatic heterocycles. The first-order valence-corrected chi connectivity index (χ1v) is 6.49. The lowest BCUT2D eigenvalue weighted by Gasteiger charge is -2.28. The van der Waals surface area contributed by atoms with Gasteiger partial charge in [-0.1, -0.05) is 0 Å². The molecule has 0 fully saturated rings. The van der Waals surface area contributed by atoms with E-state index in [0.29, 0.717) is 17.1 Å². The van der Waals surface area contributed by atoms with Crippen LogP contribution in [0.3, 0.4) is 0 Å². The third-order valence-corrected chi connectivity index (χ3v) is 3.74. The van der Waals surface area contributed by atoms with Crippen molar-refractivity contribution in [3.8, 4) is 0 Å². The molecule has 21 heavy (non-hydrogen) atoms. The number of alkyl halides is 3. The third-order valence-electron chi connectivity index (χ3n) is 2.95. The minimum Gasteiger partial charge on any atom is -0.479 e. The number of rotatable bonds is 3. The van der Waals surface area contributed by atoms with Gasteiger partial charge in [0.15, 0.2) is 0 Å². The first-order valence-electron chi connectivity index (χ1n) is 5.61. The highest BCUT2D eigenvalue weighted by molar-refractivity contribution is 7.16. The van der Waals surface area contributed by atoms with Gasteiger partial charge in [-0.25, -0.2) is 9.78 Å². The van der Waals surface area contributed by atoms with Gasteiger partial charge in [0.05, 0.1) is 15.7 Å². The zero-order valence-electron chi connectivity index (χ0n) is 10.6. The molecule has 1 aromatic carbocycles. The van der Waals surface area contributed by atoms with E-state index >= 15 is 0 Å². The molecule has 0 spiro atoms. The third kappa shape index (κ3) is 2.68. The monoisotopic (exact) mass is 318 g/mol. The lowest BCUT2D eigenvalue weighted by atomic mass is 10.0. The molecule has 1 amide bonds. The normalized spacial score (nSPS) is 14.7. The maximum Gasteiger partial charge on any atom is 0.422 e. The van der Waals surface area contributed by atoms with Crippen molar-refractivity contribution in [3.63, 3.8) is 0 Å². The molecule has 1 aromatic heterocycles. The minimum atomic E-state index is -5.12. The topological polar surface area (TPSA) is 79.3 Å². The summed E-state index contributed by atoms with van der Waals surface area (Å²) in [4.78, 5) is 26.7. The first kappa shape index (κ1) is 15.2. The fourth-order valence-electron chi connectivity index (χ4n) is 1.54. The molecular formula is C12H9F3N2O3S. The fraction of sp³-hybridized carbons (Fsp3) is 0.250. The van der Waals surface area contributed by atoms with Gasteiger partial charge in [0.2, 0.25) is 5.54 Å². The Labute approximate surface area is 120 Å². The smallest absolute Gasteiger partial charge is 0.422 e. The minimum absolute atomic E-state index is 0.0662. The number of hydrogen-bond acceptors (Lipinski definition) is 4. The van der Waals surface area contributed by atoms with Gasteiger partial charge < -0.3 is 10.4 Å². The lowest BCUT2D eigenvalue weighted by Crippen LogP contribution is -2.61. The van der Waals surface area contributed by atoms with Crippen LogP contribution in [-0.4, -0.2) is 33.7 Å². The highest BCUT2D eigenvalue weighted by Gasteiger charge is 2.58. The summed E-state index contributed by atoms with van der Waals surface area (Å²) in [6, 6.07) is 4.13. The molecule has 1 atom stereocenters. The van der Waals surface area contributed by atoms with Crippen LogP contribution < -0.4 is 5.32 Å². The molecule has 5 nitrogen and oxygen atoms in total. The van der Waals surface area contributed by atoms with Gasteiger partial charge in [-0.3, -0.25) is 4.79 Å². The number of carbonyl (C=O) groups excluding carboxylic acids is 1. The molecule has 0 saturated carbocycles.